The van der Waals surface area contributed by atoms with Crippen LogP contribution in [0.2, 0.25) is 15.2 Å². The van der Waals surface area contributed by atoms with Crippen molar-refractivity contribution in [3.8, 4) is 11.4 Å². The highest BCUT2D eigenvalue weighted by atomic mass is 79.9. The highest BCUT2D eigenvalue weighted by molar-refractivity contribution is 9.10. The smallest absolute Gasteiger partial charge is 0.162 e. The fraction of sp³-hybridized carbons (Fsp3) is 0.333. The molecule has 1 saturated carbocycles. The zero-order chi connectivity index (χ0) is 15.0. The van der Waals surface area contributed by atoms with E-state index in [0.29, 0.717) is 26.9 Å². The first-order valence-corrected chi connectivity index (χ1v) is 8.67. The maximum Gasteiger partial charge on any atom is 0.162 e. The predicted octanol–water partition coefficient (Wildman–Crippen LogP) is 6.52. The van der Waals surface area contributed by atoms with Crippen molar-refractivity contribution in [2.24, 2.45) is 0 Å². The first kappa shape index (κ1) is 15.5. The molecule has 1 aliphatic rings. The third-order valence-electron chi connectivity index (χ3n) is 3.75. The molecule has 2 aromatic rings. The normalized spacial score (nSPS) is 15.6. The molecule has 0 atom stereocenters. The first-order valence-electron chi connectivity index (χ1n) is 6.74. The number of hydrogen-bond donors (Lipinski definition) is 0. The minimum atomic E-state index is 0.424. The molecule has 0 saturated heterocycles. The molecule has 0 radical (unpaired) electrons. The van der Waals surface area contributed by atoms with E-state index >= 15 is 0 Å². The molecule has 0 N–H and O–H groups in total. The Hall–Kier alpha value is -0.350. The van der Waals surface area contributed by atoms with Gasteiger partial charge in [-0.15, -0.1) is 0 Å². The molecule has 1 heterocycles. The number of benzene rings is 1. The van der Waals surface area contributed by atoms with Crippen molar-refractivity contribution in [3.05, 3.63) is 43.6 Å². The lowest BCUT2D eigenvalue weighted by molar-refractivity contribution is 0.691. The Labute approximate surface area is 147 Å². The number of hydrogen-bond acceptors (Lipinski definition) is 2. The van der Waals surface area contributed by atoms with Crippen LogP contribution in [-0.4, -0.2) is 9.97 Å². The van der Waals surface area contributed by atoms with Crippen LogP contribution in [0.15, 0.2) is 22.7 Å². The first-order chi connectivity index (χ1) is 10.1. The summed E-state index contributed by atoms with van der Waals surface area (Å²) in [4.78, 5) is 9.05. The molecule has 6 heteroatoms. The minimum absolute atomic E-state index is 0.424. The second-order valence-electron chi connectivity index (χ2n) is 5.14. The van der Waals surface area contributed by atoms with Gasteiger partial charge >= 0.3 is 0 Å². The fourth-order valence-electron chi connectivity index (χ4n) is 2.70. The van der Waals surface area contributed by atoms with Gasteiger partial charge in [-0.1, -0.05) is 47.6 Å². The van der Waals surface area contributed by atoms with Crippen LogP contribution in [0.3, 0.4) is 0 Å². The Kier molecular flexibility index (Phi) is 4.75. The van der Waals surface area contributed by atoms with Crippen molar-refractivity contribution in [1.82, 2.24) is 9.97 Å². The third-order valence-corrected chi connectivity index (χ3v) is 5.58. The number of nitrogens with zero attached hydrogens (tertiary/aromatic N) is 2. The van der Waals surface area contributed by atoms with Crippen LogP contribution in [0.4, 0.5) is 0 Å². The summed E-state index contributed by atoms with van der Waals surface area (Å²) in [5.41, 5.74) is 1.73. The molecule has 1 aromatic carbocycles. The van der Waals surface area contributed by atoms with E-state index < -0.39 is 0 Å². The van der Waals surface area contributed by atoms with Gasteiger partial charge in [0.25, 0.3) is 0 Å². The van der Waals surface area contributed by atoms with E-state index in [0.717, 1.165) is 28.6 Å². The molecule has 110 valence electrons. The summed E-state index contributed by atoms with van der Waals surface area (Å²) in [7, 11) is 0. The van der Waals surface area contributed by atoms with Gasteiger partial charge in [-0.25, -0.2) is 9.97 Å². The van der Waals surface area contributed by atoms with E-state index in [1.807, 2.05) is 6.07 Å². The van der Waals surface area contributed by atoms with Crippen LogP contribution >= 0.6 is 50.7 Å². The monoisotopic (exact) mass is 404 g/mol. The second kappa shape index (κ2) is 6.41. The highest BCUT2D eigenvalue weighted by Gasteiger charge is 2.24. The molecule has 1 fully saturated rings. The van der Waals surface area contributed by atoms with Crippen LogP contribution in [0.1, 0.15) is 37.3 Å². The van der Waals surface area contributed by atoms with E-state index in [4.69, 9.17) is 39.8 Å². The van der Waals surface area contributed by atoms with Crippen molar-refractivity contribution in [2.75, 3.05) is 0 Å². The van der Waals surface area contributed by atoms with Crippen molar-refractivity contribution in [3.63, 3.8) is 0 Å². The highest BCUT2D eigenvalue weighted by Crippen LogP contribution is 2.40. The lowest BCUT2D eigenvalue weighted by atomic mass is 10.0. The maximum atomic E-state index is 6.26. The van der Waals surface area contributed by atoms with Crippen LogP contribution in [0.25, 0.3) is 11.4 Å². The molecule has 21 heavy (non-hydrogen) atoms. The zero-order valence-electron chi connectivity index (χ0n) is 11.0. The van der Waals surface area contributed by atoms with Gasteiger partial charge in [0.05, 0.1) is 15.2 Å². The summed E-state index contributed by atoms with van der Waals surface area (Å²) < 4.78 is 0.796. The molecule has 1 aromatic heterocycles. The maximum absolute atomic E-state index is 6.26. The van der Waals surface area contributed by atoms with Gasteiger partial charge in [0.15, 0.2) is 5.82 Å². The van der Waals surface area contributed by atoms with Gasteiger partial charge in [0.1, 0.15) is 5.15 Å². The van der Waals surface area contributed by atoms with Crippen LogP contribution in [0.5, 0.6) is 0 Å². The number of rotatable bonds is 2. The van der Waals surface area contributed by atoms with Crippen molar-refractivity contribution in [2.45, 2.75) is 31.6 Å². The molecule has 2 nitrogen and oxygen atoms in total. The molecule has 0 bridgehead atoms. The third kappa shape index (κ3) is 3.21. The van der Waals surface area contributed by atoms with Gasteiger partial charge in [0.2, 0.25) is 0 Å². The fourth-order valence-corrected chi connectivity index (χ4v) is 3.87. The standard InChI is InChI=1S/C15H12BrCl3N2/c16-12-13(8-3-1-2-4-8)20-15(21-14(12)19)10-6-5-9(17)7-11(10)18/h5-8H,1-4H2. The SMILES string of the molecule is Clc1ccc(-c2nc(Cl)c(Br)c(C3CCCC3)n2)c(Cl)c1. The van der Waals surface area contributed by atoms with E-state index in [-0.39, 0.29) is 0 Å². The van der Waals surface area contributed by atoms with E-state index in [1.165, 1.54) is 12.8 Å². The molecule has 0 aliphatic heterocycles. The molecule has 3 rings (SSSR count). The predicted molar refractivity (Wildman–Crippen MR) is 91.4 cm³/mol. The van der Waals surface area contributed by atoms with Crippen molar-refractivity contribution < 1.29 is 0 Å². The van der Waals surface area contributed by atoms with Crippen molar-refractivity contribution in [1.29, 1.82) is 0 Å². The van der Waals surface area contributed by atoms with Crippen molar-refractivity contribution >= 4 is 50.7 Å². The second-order valence-corrected chi connectivity index (χ2v) is 7.14. The average molecular weight is 407 g/mol. The summed E-state index contributed by atoms with van der Waals surface area (Å²) in [6.45, 7) is 0. The quantitative estimate of drug-likeness (QED) is 0.530. The Bertz CT molecular complexity index is 685. The molecular weight excluding hydrogens is 394 g/mol. The van der Waals surface area contributed by atoms with Gasteiger partial charge in [-0.3, -0.25) is 0 Å². The van der Waals surface area contributed by atoms with E-state index in [9.17, 15) is 0 Å². The topological polar surface area (TPSA) is 25.8 Å². The molecule has 0 unspecified atom stereocenters. The Balaban J connectivity index is 2.10. The van der Waals surface area contributed by atoms with Gasteiger partial charge in [-0.05, 0) is 47.0 Å². The Morgan fingerprint density at radius 1 is 1.05 bits per heavy atom. The van der Waals surface area contributed by atoms with Crippen LogP contribution in [0, 0.1) is 0 Å². The van der Waals surface area contributed by atoms with Gasteiger partial charge < -0.3 is 0 Å². The van der Waals surface area contributed by atoms with E-state index in [1.54, 1.807) is 12.1 Å². The molecule has 1 aliphatic carbocycles. The molecular formula is C15H12BrCl3N2. The molecule has 0 spiro atoms. The van der Waals surface area contributed by atoms with Crippen LogP contribution in [-0.2, 0) is 0 Å². The summed E-state index contributed by atoms with van der Waals surface area (Å²) >= 11 is 22.0. The lowest BCUT2D eigenvalue weighted by Gasteiger charge is -2.14. The summed E-state index contributed by atoms with van der Waals surface area (Å²) in [5.74, 6) is 0.983. The van der Waals surface area contributed by atoms with Gasteiger partial charge in [-0.2, -0.15) is 0 Å². The summed E-state index contributed by atoms with van der Waals surface area (Å²) in [5, 5.41) is 1.54. The summed E-state index contributed by atoms with van der Waals surface area (Å²) in [6.07, 6.45) is 4.74. The zero-order valence-corrected chi connectivity index (χ0v) is 14.9. The van der Waals surface area contributed by atoms with E-state index in [2.05, 4.69) is 20.9 Å². The Morgan fingerprint density at radius 3 is 2.43 bits per heavy atom. The summed E-state index contributed by atoms with van der Waals surface area (Å²) in [6, 6.07) is 5.28. The minimum Gasteiger partial charge on any atom is -0.231 e. The van der Waals surface area contributed by atoms with Crippen LogP contribution < -0.4 is 0 Å². The number of halogens is 4. The number of aromatic nitrogens is 2. The Morgan fingerprint density at radius 2 is 1.76 bits per heavy atom. The largest absolute Gasteiger partial charge is 0.231 e. The van der Waals surface area contributed by atoms with Gasteiger partial charge in [0, 0.05) is 16.5 Å². The molecule has 0 amide bonds. The average Bonchev–Trinajstić information content (AvgIpc) is 2.96. The lowest BCUT2D eigenvalue weighted by Crippen LogP contribution is -2.03.